The van der Waals surface area contributed by atoms with Crippen LogP contribution in [0.15, 0.2) is 24.5 Å². The largest absolute Gasteiger partial charge is 0.460 e. The van der Waals surface area contributed by atoms with Crippen LogP contribution in [0.1, 0.15) is 24.2 Å². The van der Waals surface area contributed by atoms with Gasteiger partial charge in [-0.2, -0.15) is 5.10 Å². The minimum atomic E-state index is -0.0780. The van der Waals surface area contributed by atoms with Crippen molar-refractivity contribution >= 4 is 0 Å². The lowest BCUT2D eigenvalue weighted by atomic mass is 9.84. The minimum absolute atomic E-state index is 0.0780. The number of ether oxygens (including phenoxy) is 2. The molecule has 0 amide bonds. The van der Waals surface area contributed by atoms with Crippen LogP contribution in [-0.2, 0) is 18.3 Å². The van der Waals surface area contributed by atoms with Gasteiger partial charge in [-0.05, 0) is 19.1 Å². The van der Waals surface area contributed by atoms with Gasteiger partial charge >= 0.3 is 6.01 Å². The van der Waals surface area contributed by atoms with Crippen LogP contribution in [0, 0.1) is 6.92 Å². The summed E-state index contributed by atoms with van der Waals surface area (Å²) in [5, 5.41) is 4.41. The molecule has 2 saturated heterocycles. The third kappa shape index (κ3) is 3.14. The first-order chi connectivity index (χ1) is 11.6. The number of nitrogens with zero attached hydrogens (tertiary/aromatic N) is 5. The molecule has 7 heteroatoms. The Hall–Kier alpha value is -1.99. The van der Waals surface area contributed by atoms with Crippen molar-refractivity contribution in [2.45, 2.75) is 38.0 Å². The lowest BCUT2D eigenvalue weighted by molar-refractivity contribution is -0.189. The summed E-state index contributed by atoms with van der Waals surface area (Å²) in [7, 11) is 2.00. The van der Waals surface area contributed by atoms with E-state index in [2.05, 4.69) is 26.0 Å². The number of hydrogen-bond donors (Lipinski definition) is 0. The average Bonchev–Trinajstić information content (AvgIpc) is 2.85. The zero-order valence-corrected chi connectivity index (χ0v) is 14.2. The van der Waals surface area contributed by atoms with Crippen molar-refractivity contribution in [3.63, 3.8) is 0 Å². The second-order valence-corrected chi connectivity index (χ2v) is 6.84. The van der Waals surface area contributed by atoms with Crippen molar-refractivity contribution < 1.29 is 9.47 Å². The molecule has 0 radical (unpaired) electrons. The van der Waals surface area contributed by atoms with Crippen LogP contribution in [0.5, 0.6) is 6.01 Å². The van der Waals surface area contributed by atoms with Crippen LogP contribution in [-0.4, -0.2) is 56.0 Å². The summed E-state index contributed by atoms with van der Waals surface area (Å²) >= 11 is 0. The van der Waals surface area contributed by atoms with Crippen molar-refractivity contribution in [2.24, 2.45) is 7.05 Å². The Balaban J connectivity index is 1.33. The number of aromatic nitrogens is 4. The summed E-state index contributed by atoms with van der Waals surface area (Å²) in [6, 6.07) is 4.40. The Morgan fingerprint density at radius 1 is 1.33 bits per heavy atom. The van der Waals surface area contributed by atoms with E-state index in [9.17, 15) is 0 Å². The highest BCUT2D eigenvalue weighted by Crippen LogP contribution is 2.36. The summed E-state index contributed by atoms with van der Waals surface area (Å²) in [5.74, 6) is 0. The van der Waals surface area contributed by atoms with E-state index in [1.807, 2.05) is 18.7 Å². The predicted octanol–water partition coefficient (Wildman–Crippen LogP) is 1.33. The Morgan fingerprint density at radius 3 is 2.83 bits per heavy atom. The lowest BCUT2D eigenvalue weighted by Gasteiger charge is -2.52. The minimum Gasteiger partial charge on any atom is -0.460 e. The SMILES string of the molecule is Cc1cc(CN2CC3(CC(Oc4ncccn4)CCO3)C2)n(C)n1. The van der Waals surface area contributed by atoms with Gasteiger partial charge in [0.1, 0.15) is 6.10 Å². The standard InChI is InChI=1S/C17H23N5O2/c1-13-8-14(21(2)20-13)10-22-11-17(12-22)9-15(4-7-23-17)24-16-18-5-3-6-19-16/h3,5-6,8,15H,4,7,9-12H2,1-2H3. The average molecular weight is 329 g/mol. The maximum Gasteiger partial charge on any atom is 0.316 e. The van der Waals surface area contributed by atoms with Gasteiger partial charge in [0.25, 0.3) is 0 Å². The van der Waals surface area contributed by atoms with Crippen molar-refractivity contribution in [1.29, 1.82) is 0 Å². The molecule has 2 aliphatic rings. The van der Waals surface area contributed by atoms with E-state index >= 15 is 0 Å². The Kier molecular flexibility index (Phi) is 3.97. The summed E-state index contributed by atoms with van der Waals surface area (Å²) in [5.41, 5.74) is 2.22. The summed E-state index contributed by atoms with van der Waals surface area (Å²) in [6.45, 7) is 5.55. The van der Waals surface area contributed by atoms with Gasteiger partial charge in [0.15, 0.2) is 0 Å². The molecular weight excluding hydrogens is 306 g/mol. The highest BCUT2D eigenvalue weighted by atomic mass is 16.5. The molecule has 1 atom stereocenters. The Bertz CT molecular complexity index is 696. The van der Waals surface area contributed by atoms with E-state index in [4.69, 9.17) is 9.47 Å². The molecule has 1 unspecified atom stereocenters. The van der Waals surface area contributed by atoms with E-state index in [-0.39, 0.29) is 11.7 Å². The topological polar surface area (TPSA) is 65.3 Å². The molecule has 4 rings (SSSR count). The Morgan fingerprint density at radius 2 is 2.12 bits per heavy atom. The molecule has 24 heavy (non-hydrogen) atoms. The smallest absolute Gasteiger partial charge is 0.316 e. The fraction of sp³-hybridized carbons (Fsp3) is 0.588. The summed E-state index contributed by atoms with van der Waals surface area (Å²) < 4.78 is 14.0. The number of rotatable bonds is 4. The maximum atomic E-state index is 6.09. The quantitative estimate of drug-likeness (QED) is 0.843. The Labute approximate surface area is 141 Å². The molecular formula is C17H23N5O2. The first-order valence-electron chi connectivity index (χ1n) is 8.41. The fourth-order valence-corrected chi connectivity index (χ4v) is 3.72. The van der Waals surface area contributed by atoms with E-state index in [0.29, 0.717) is 6.01 Å². The first kappa shape index (κ1) is 15.5. The molecule has 2 aromatic rings. The molecule has 1 spiro atoms. The summed E-state index contributed by atoms with van der Waals surface area (Å²) in [6.07, 6.45) is 5.33. The van der Waals surface area contributed by atoms with Gasteiger partial charge in [-0.15, -0.1) is 0 Å². The molecule has 0 saturated carbocycles. The van der Waals surface area contributed by atoms with Crippen molar-refractivity contribution in [2.75, 3.05) is 19.7 Å². The highest BCUT2D eigenvalue weighted by Gasteiger charge is 2.48. The number of aryl methyl sites for hydroxylation is 2. The molecule has 2 aliphatic heterocycles. The van der Waals surface area contributed by atoms with Crippen LogP contribution in [0.4, 0.5) is 0 Å². The van der Waals surface area contributed by atoms with Gasteiger partial charge in [0.05, 0.1) is 23.6 Å². The third-order valence-electron chi connectivity index (χ3n) is 4.77. The lowest BCUT2D eigenvalue weighted by Crippen LogP contribution is -2.65. The van der Waals surface area contributed by atoms with Crippen molar-refractivity contribution in [1.82, 2.24) is 24.6 Å². The zero-order valence-electron chi connectivity index (χ0n) is 14.2. The molecule has 4 heterocycles. The monoisotopic (exact) mass is 329 g/mol. The molecule has 0 N–H and O–H groups in total. The zero-order chi connectivity index (χ0) is 16.6. The van der Waals surface area contributed by atoms with Crippen LogP contribution in [0.2, 0.25) is 0 Å². The van der Waals surface area contributed by atoms with Crippen LogP contribution in [0.25, 0.3) is 0 Å². The van der Waals surface area contributed by atoms with Gasteiger partial charge in [0.2, 0.25) is 0 Å². The van der Waals surface area contributed by atoms with Crippen molar-refractivity contribution in [3.05, 3.63) is 35.9 Å². The van der Waals surface area contributed by atoms with E-state index in [1.165, 1.54) is 5.69 Å². The van der Waals surface area contributed by atoms with E-state index < -0.39 is 0 Å². The molecule has 0 aliphatic carbocycles. The van der Waals surface area contributed by atoms with Gasteiger partial charge in [-0.1, -0.05) is 0 Å². The molecule has 2 aromatic heterocycles. The first-order valence-corrected chi connectivity index (χ1v) is 8.41. The van der Waals surface area contributed by atoms with Gasteiger partial charge in [0, 0.05) is 51.9 Å². The maximum absolute atomic E-state index is 6.09. The normalized spacial score (nSPS) is 23.2. The fourth-order valence-electron chi connectivity index (χ4n) is 3.72. The van der Waals surface area contributed by atoms with Crippen molar-refractivity contribution in [3.8, 4) is 6.01 Å². The number of hydrogen-bond acceptors (Lipinski definition) is 6. The van der Waals surface area contributed by atoms with Gasteiger partial charge in [-0.3, -0.25) is 9.58 Å². The predicted molar refractivity (Wildman–Crippen MR) is 87.6 cm³/mol. The third-order valence-corrected chi connectivity index (χ3v) is 4.77. The molecule has 7 nitrogen and oxygen atoms in total. The second-order valence-electron chi connectivity index (χ2n) is 6.84. The molecule has 128 valence electrons. The van der Waals surface area contributed by atoms with Gasteiger partial charge in [-0.25, -0.2) is 9.97 Å². The molecule has 0 aromatic carbocycles. The van der Waals surface area contributed by atoms with Crippen LogP contribution >= 0.6 is 0 Å². The molecule has 2 fully saturated rings. The van der Waals surface area contributed by atoms with E-state index in [1.54, 1.807) is 18.5 Å². The second kappa shape index (κ2) is 6.14. The highest BCUT2D eigenvalue weighted by molar-refractivity contribution is 5.11. The van der Waals surface area contributed by atoms with Crippen LogP contribution in [0.3, 0.4) is 0 Å². The summed E-state index contributed by atoms with van der Waals surface area (Å²) in [4.78, 5) is 10.7. The number of likely N-dealkylation sites (tertiary alicyclic amines) is 1. The van der Waals surface area contributed by atoms with E-state index in [0.717, 1.165) is 44.8 Å². The van der Waals surface area contributed by atoms with Gasteiger partial charge < -0.3 is 9.47 Å². The molecule has 0 bridgehead atoms. The van der Waals surface area contributed by atoms with Crippen LogP contribution < -0.4 is 4.74 Å².